The SMILES string of the molecule is CCOc1cc(C=C2SC(N)=NC2=O)cc(Br)c1OCC(=O)O. The van der Waals surface area contributed by atoms with Crippen molar-refractivity contribution in [3.63, 3.8) is 0 Å². The molecule has 0 atom stereocenters. The number of hydrogen-bond acceptors (Lipinski definition) is 6. The van der Waals surface area contributed by atoms with Gasteiger partial charge in [-0.3, -0.25) is 4.79 Å². The van der Waals surface area contributed by atoms with Gasteiger partial charge in [0.05, 0.1) is 16.0 Å². The van der Waals surface area contributed by atoms with Gasteiger partial charge in [0.1, 0.15) is 0 Å². The molecule has 1 amide bonds. The van der Waals surface area contributed by atoms with Gasteiger partial charge in [0.25, 0.3) is 5.91 Å². The zero-order chi connectivity index (χ0) is 17.0. The van der Waals surface area contributed by atoms with Crippen LogP contribution in [-0.4, -0.2) is 35.4 Å². The van der Waals surface area contributed by atoms with Gasteiger partial charge >= 0.3 is 5.97 Å². The van der Waals surface area contributed by atoms with Gasteiger partial charge in [0, 0.05) is 0 Å². The molecule has 0 bridgehead atoms. The van der Waals surface area contributed by atoms with Crippen molar-refractivity contribution in [3.8, 4) is 11.5 Å². The van der Waals surface area contributed by atoms with Crippen LogP contribution in [0, 0.1) is 0 Å². The van der Waals surface area contributed by atoms with Gasteiger partial charge in [-0.15, -0.1) is 0 Å². The minimum atomic E-state index is -1.09. The molecule has 9 heteroatoms. The van der Waals surface area contributed by atoms with Crippen molar-refractivity contribution in [1.82, 2.24) is 0 Å². The number of benzene rings is 1. The fraction of sp³-hybridized carbons (Fsp3) is 0.214. The Labute approximate surface area is 144 Å². The number of ether oxygens (including phenoxy) is 2. The summed E-state index contributed by atoms with van der Waals surface area (Å²) in [6.45, 7) is 1.68. The summed E-state index contributed by atoms with van der Waals surface area (Å²) in [6, 6.07) is 3.34. The number of aliphatic carboxylic acids is 1. The first-order valence-corrected chi connectivity index (χ1v) is 8.10. The molecule has 1 aliphatic heterocycles. The van der Waals surface area contributed by atoms with E-state index in [0.717, 1.165) is 11.8 Å². The lowest BCUT2D eigenvalue weighted by Crippen LogP contribution is -2.11. The van der Waals surface area contributed by atoms with Crippen LogP contribution in [0.5, 0.6) is 11.5 Å². The van der Waals surface area contributed by atoms with E-state index in [1.807, 2.05) is 0 Å². The van der Waals surface area contributed by atoms with Crippen LogP contribution >= 0.6 is 27.7 Å². The summed E-state index contributed by atoms with van der Waals surface area (Å²) in [6.07, 6.45) is 1.63. The number of aliphatic imine (C=N–C) groups is 1. The van der Waals surface area contributed by atoms with E-state index in [2.05, 4.69) is 20.9 Å². The molecule has 1 aromatic rings. The quantitative estimate of drug-likeness (QED) is 0.704. The number of nitrogens with zero attached hydrogens (tertiary/aromatic N) is 1. The van der Waals surface area contributed by atoms with Crippen LogP contribution < -0.4 is 15.2 Å². The zero-order valence-electron chi connectivity index (χ0n) is 12.0. The topological polar surface area (TPSA) is 111 Å². The molecule has 0 saturated heterocycles. The number of carbonyl (C=O) groups excluding carboxylic acids is 1. The van der Waals surface area contributed by atoms with Crippen LogP contribution in [-0.2, 0) is 9.59 Å². The summed E-state index contributed by atoms with van der Waals surface area (Å²) in [5.74, 6) is -0.823. The highest BCUT2D eigenvalue weighted by molar-refractivity contribution is 9.10. The minimum Gasteiger partial charge on any atom is -0.490 e. The zero-order valence-corrected chi connectivity index (χ0v) is 14.4. The van der Waals surface area contributed by atoms with Crippen LogP contribution in [0.3, 0.4) is 0 Å². The number of carboxylic acid groups (broad SMARTS) is 1. The van der Waals surface area contributed by atoms with Gasteiger partial charge in [-0.2, -0.15) is 4.99 Å². The summed E-state index contributed by atoms with van der Waals surface area (Å²) in [7, 11) is 0. The molecule has 7 nitrogen and oxygen atoms in total. The van der Waals surface area contributed by atoms with Crippen LogP contribution in [0.15, 0.2) is 26.5 Å². The first-order chi connectivity index (χ1) is 10.9. The minimum absolute atomic E-state index is 0.201. The third kappa shape index (κ3) is 4.49. The molecule has 0 spiro atoms. The van der Waals surface area contributed by atoms with Crippen LogP contribution in [0.25, 0.3) is 6.08 Å². The van der Waals surface area contributed by atoms with Gasteiger partial charge in [0.15, 0.2) is 23.3 Å². The molecular formula is C14H13BrN2O5S. The van der Waals surface area contributed by atoms with Crippen molar-refractivity contribution in [2.75, 3.05) is 13.2 Å². The summed E-state index contributed by atoms with van der Waals surface area (Å²) in [5, 5.41) is 8.93. The van der Waals surface area contributed by atoms with E-state index in [1.165, 1.54) is 0 Å². The third-order valence-electron chi connectivity index (χ3n) is 2.61. The fourth-order valence-corrected chi connectivity index (χ4v) is 3.04. The number of amides is 1. The maximum Gasteiger partial charge on any atom is 0.341 e. The molecule has 0 aliphatic carbocycles. The number of rotatable bonds is 6. The monoisotopic (exact) mass is 400 g/mol. The Balaban J connectivity index is 2.34. The largest absolute Gasteiger partial charge is 0.490 e. The predicted octanol–water partition coefficient (Wildman–Crippen LogP) is 2.24. The molecule has 1 aliphatic rings. The first kappa shape index (κ1) is 17.4. The highest BCUT2D eigenvalue weighted by Crippen LogP contribution is 2.38. The first-order valence-electron chi connectivity index (χ1n) is 6.49. The number of nitrogens with two attached hydrogens (primary N) is 1. The van der Waals surface area contributed by atoms with E-state index < -0.39 is 18.5 Å². The van der Waals surface area contributed by atoms with E-state index in [-0.39, 0.29) is 10.9 Å². The van der Waals surface area contributed by atoms with Gasteiger partial charge < -0.3 is 20.3 Å². The second-order valence-electron chi connectivity index (χ2n) is 4.31. The number of carbonyl (C=O) groups is 2. The van der Waals surface area contributed by atoms with Gasteiger partial charge in [-0.1, -0.05) is 0 Å². The van der Waals surface area contributed by atoms with E-state index in [9.17, 15) is 9.59 Å². The van der Waals surface area contributed by atoms with Gasteiger partial charge in [-0.25, -0.2) is 4.79 Å². The van der Waals surface area contributed by atoms with Crippen molar-refractivity contribution < 1.29 is 24.2 Å². The number of halogens is 1. The predicted molar refractivity (Wildman–Crippen MR) is 90.6 cm³/mol. The Morgan fingerprint density at radius 3 is 2.78 bits per heavy atom. The average molecular weight is 401 g/mol. The number of hydrogen-bond donors (Lipinski definition) is 2. The fourth-order valence-electron chi connectivity index (χ4n) is 1.79. The molecule has 1 aromatic carbocycles. The molecule has 0 fully saturated rings. The maximum absolute atomic E-state index is 11.6. The van der Waals surface area contributed by atoms with Crippen molar-refractivity contribution in [2.45, 2.75) is 6.92 Å². The van der Waals surface area contributed by atoms with Crippen LogP contribution in [0.2, 0.25) is 0 Å². The Morgan fingerprint density at radius 1 is 1.48 bits per heavy atom. The molecule has 0 saturated carbocycles. The van der Waals surface area contributed by atoms with E-state index in [0.29, 0.717) is 27.3 Å². The highest BCUT2D eigenvalue weighted by Gasteiger charge is 2.20. The highest BCUT2D eigenvalue weighted by atomic mass is 79.9. The summed E-state index contributed by atoms with van der Waals surface area (Å²) >= 11 is 4.41. The lowest BCUT2D eigenvalue weighted by atomic mass is 10.2. The Hall–Kier alpha value is -2.00. The summed E-state index contributed by atoms with van der Waals surface area (Å²) in [4.78, 5) is 26.3. The van der Waals surface area contributed by atoms with Crippen molar-refractivity contribution in [3.05, 3.63) is 27.1 Å². The van der Waals surface area contributed by atoms with Crippen molar-refractivity contribution in [2.24, 2.45) is 10.7 Å². The average Bonchev–Trinajstić information content (AvgIpc) is 2.76. The van der Waals surface area contributed by atoms with Crippen LogP contribution in [0.4, 0.5) is 0 Å². The molecule has 0 unspecified atom stereocenters. The van der Waals surface area contributed by atoms with Crippen LogP contribution in [0.1, 0.15) is 12.5 Å². The molecular weight excluding hydrogens is 388 g/mol. The Morgan fingerprint density at radius 2 is 2.22 bits per heavy atom. The molecule has 23 heavy (non-hydrogen) atoms. The molecule has 1 heterocycles. The van der Waals surface area contributed by atoms with E-state index in [4.69, 9.17) is 20.3 Å². The normalized spacial score (nSPS) is 15.7. The second-order valence-corrected chi connectivity index (χ2v) is 6.23. The summed E-state index contributed by atoms with van der Waals surface area (Å²) < 4.78 is 11.2. The summed E-state index contributed by atoms with van der Waals surface area (Å²) in [5.41, 5.74) is 6.18. The Kier molecular flexibility index (Phi) is 5.67. The number of amidine groups is 1. The van der Waals surface area contributed by atoms with Crippen molar-refractivity contribution >= 4 is 50.8 Å². The van der Waals surface area contributed by atoms with Gasteiger partial charge in [0.2, 0.25) is 0 Å². The third-order valence-corrected chi connectivity index (χ3v) is 4.01. The molecule has 3 N–H and O–H groups in total. The lowest BCUT2D eigenvalue weighted by Gasteiger charge is -2.13. The van der Waals surface area contributed by atoms with Gasteiger partial charge in [-0.05, 0) is 58.4 Å². The van der Waals surface area contributed by atoms with E-state index >= 15 is 0 Å². The number of carboxylic acids is 1. The molecule has 0 radical (unpaired) electrons. The smallest absolute Gasteiger partial charge is 0.341 e. The molecule has 0 aromatic heterocycles. The maximum atomic E-state index is 11.6. The number of thioether (sulfide) groups is 1. The second kappa shape index (κ2) is 7.51. The standard InChI is InChI=1S/C14H13BrN2O5S/c1-2-21-9-4-7(5-10-13(20)17-14(16)23-10)3-8(15)12(9)22-6-11(18)19/h3-5H,2,6H2,1H3,(H,18,19)(H2,16,17,20). The Bertz CT molecular complexity index is 717. The lowest BCUT2D eigenvalue weighted by molar-refractivity contribution is -0.139. The van der Waals surface area contributed by atoms with Crippen molar-refractivity contribution in [1.29, 1.82) is 0 Å². The molecule has 122 valence electrons. The molecule has 2 rings (SSSR count). The van der Waals surface area contributed by atoms with E-state index in [1.54, 1.807) is 25.1 Å².